The van der Waals surface area contributed by atoms with Crippen LogP contribution in [0.2, 0.25) is 5.02 Å². The summed E-state index contributed by atoms with van der Waals surface area (Å²) in [5.74, 6) is 0. The molecule has 0 unspecified atom stereocenters. The molecule has 11 heavy (non-hydrogen) atoms. The van der Waals surface area contributed by atoms with Gasteiger partial charge in [-0.3, -0.25) is 0 Å². The second kappa shape index (κ2) is 6.04. The van der Waals surface area contributed by atoms with Gasteiger partial charge in [0.15, 0.2) is 0 Å². The predicted octanol–water partition coefficient (Wildman–Crippen LogP) is 4.89. The van der Waals surface area contributed by atoms with E-state index in [1.54, 1.807) is 0 Å². The Morgan fingerprint density at radius 3 is 1.64 bits per heavy atom. The maximum Gasteiger partial charge on any atom is 0.0428 e. The van der Waals surface area contributed by atoms with Gasteiger partial charge >= 0.3 is 0 Å². The van der Waals surface area contributed by atoms with Crippen LogP contribution in [0.15, 0.2) is 27.1 Å². The van der Waals surface area contributed by atoms with Crippen molar-refractivity contribution in [1.82, 2.24) is 0 Å². The Hall–Kier alpha value is 0.470. The highest BCUT2D eigenvalue weighted by Crippen LogP contribution is 2.22. The van der Waals surface area contributed by atoms with Gasteiger partial charge < -0.3 is 0 Å². The van der Waals surface area contributed by atoms with Crippen LogP contribution in [0.5, 0.6) is 0 Å². The topological polar surface area (TPSA) is 0 Å². The lowest BCUT2D eigenvalue weighted by molar-refractivity contribution is 1.50. The predicted molar refractivity (Wildman–Crippen MR) is 58.2 cm³/mol. The van der Waals surface area contributed by atoms with E-state index in [4.69, 9.17) is 11.6 Å². The lowest BCUT2D eigenvalue weighted by Crippen LogP contribution is -1.66. The number of benzene rings is 1. The van der Waals surface area contributed by atoms with Crippen molar-refractivity contribution >= 4 is 43.5 Å². The first-order valence-electron chi connectivity index (χ1n) is 3.30. The molecule has 3 heteroatoms. The van der Waals surface area contributed by atoms with Gasteiger partial charge in [-0.2, -0.15) is 0 Å². The van der Waals surface area contributed by atoms with Crippen LogP contribution in [0.25, 0.3) is 0 Å². The molecule has 0 saturated carbocycles. The largest absolute Gasteiger partial charge is 0.0843 e. The van der Waals surface area contributed by atoms with E-state index < -0.39 is 0 Å². The summed E-state index contributed by atoms with van der Waals surface area (Å²) in [5, 5.41) is 0.733. The van der Waals surface area contributed by atoms with E-state index in [2.05, 4.69) is 31.9 Å². The van der Waals surface area contributed by atoms with Crippen molar-refractivity contribution in [2.24, 2.45) is 0 Å². The van der Waals surface area contributed by atoms with E-state index >= 15 is 0 Å². The second-order valence-corrected chi connectivity index (χ2v) is 3.86. The summed E-state index contributed by atoms with van der Waals surface area (Å²) in [5.41, 5.74) is 0. The minimum atomic E-state index is 0.733. The first-order valence-corrected chi connectivity index (χ1v) is 5.26. The van der Waals surface area contributed by atoms with Gasteiger partial charge in [0.2, 0.25) is 0 Å². The van der Waals surface area contributed by atoms with E-state index in [-0.39, 0.29) is 0 Å². The normalized spacial score (nSPS) is 8.45. The molecule has 0 N–H and O–H groups in total. The number of hydrogen-bond donors (Lipinski definition) is 0. The molecule has 0 aliphatic heterocycles. The van der Waals surface area contributed by atoms with Crippen molar-refractivity contribution in [3.63, 3.8) is 0 Å². The van der Waals surface area contributed by atoms with Crippen LogP contribution >= 0.6 is 43.5 Å². The molecule has 0 amide bonds. The lowest BCUT2D eigenvalue weighted by Gasteiger charge is -1.92. The summed E-state index contributed by atoms with van der Waals surface area (Å²) >= 11 is 12.3. The van der Waals surface area contributed by atoms with Crippen LogP contribution in [0.4, 0.5) is 0 Å². The Bertz CT molecular complexity index is 173. The molecular formula is C8H9Br2Cl. The fourth-order valence-electron chi connectivity index (χ4n) is 0.520. The van der Waals surface area contributed by atoms with Gasteiger partial charge in [-0.1, -0.05) is 57.3 Å². The van der Waals surface area contributed by atoms with E-state index in [1.165, 1.54) is 0 Å². The highest BCUT2D eigenvalue weighted by molar-refractivity contribution is 9.11. The van der Waals surface area contributed by atoms with Crippen molar-refractivity contribution in [1.29, 1.82) is 0 Å². The Morgan fingerprint density at radius 2 is 1.36 bits per heavy atom. The van der Waals surface area contributed by atoms with E-state index in [9.17, 15) is 0 Å². The monoisotopic (exact) mass is 298 g/mol. The van der Waals surface area contributed by atoms with Crippen LogP contribution in [0.1, 0.15) is 13.8 Å². The number of halogens is 3. The Labute approximate surface area is 89.2 Å². The van der Waals surface area contributed by atoms with Crippen molar-refractivity contribution in [2.45, 2.75) is 13.8 Å². The smallest absolute Gasteiger partial charge is 0.0428 e. The molecule has 0 saturated heterocycles. The summed E-state index contributed by atoms with van der Waals surface area (Å²) in [6.07, 6.45) is 0. The van der Waals surface area contributed by atoms with Crippen molar-refractivity contribution < 1.29 is 0 Å². The summed E-state index contributed by atoms with van der Waals surface area (Å²) in [4.78, 5) is 0. The van der Waals surface area contributed by atoms with Gasteiger partial charge in [-0.15, -0.1) is 0 Å². The molecule has 0 nitrogen and oxygen atoms in total. The lowest BCUT2D eigenvalue weighted by atomic mass is 10.4. The van der Waals surface area contributed by atoms with Crippen LogP contribution < -0.4 is 0 Å². The third-order valence-corrected chi connectivity index (χ3v) is 1.96. The molecule has 1 aromatic carbocycles. The van der Waals surface area contributed by atoms with Crippen LogP contribution in [0, 0.1) is 0 Å². The average molecular weight is 300 g/mol. The van der Waals surface area contributed by atoms with E-state index in [0.29, 0.717) is 0 Å². The van der Waals surface area contributed by atoms with Crippen molar-refractivity contribution in [3.05, 3.63) is 32.2 Å². The molecule has 0 radical (unpaired) electrons. The van der Waals surface area contributed by atoms with Gasteiger partial charge in [0.05, 0.1) is 0 Å². The quantitative estimate of drug-likeness (QED) is 0.640. The molecule has 0 aliphatic carbocycles. The number of rotatable bonds is 0. The Morgan fingerprint density at radius 1 is 1.00 bits per heavy atom. The molecule has 62 valence electrons. The fraction of sp³-hybridized carbons (Fsp3) is 0.250. The average Bonchev–Trinajstić information content (AvgIpc) is 1.88. The maximum absolute atomic E-state index is 5.69. The second-order valence-electron chi connectivity index (χ2n) is 1.59. The SMILES string of the molecule is CC.Clc1cc(Br)cc(Br)c1. The zero-order valence-corrected chi connectivity index (χ0v) is 10.3. The van der Waals surface area contributed by atoms with E-state index in [0.717, 1.165) is 14.0 Å². The standard InChI is InChI=1S/C6H3Br2Cl.C2H6/c7-4-1-5(8)3-6(9)2-4;1-2/h1-3H;1-2H3. The van der Waals surface area contributed by atoms with Crippen molar-refractivity contribution in [2.75, 3.05) is 0 Å². The van der Waals surface area contributed by atoms with Crippen LogP contribution in [-0.2, 0) is 0 Å². The summed E-state index contributed by atoms with van der Waals surface area (Å²) in [6.45, 7) is 4.00. The first kappa shape index (κ1) is 11.5. The highest BCUT2D eigenvalue weighted by atomic mass is 79.9. The van der Waals surface area contributed by atoms with Gasteiger partial charge in [-0.25, -0.2) is 0 Å². The molecule has 0 atom stereocenters. The molecule has 1 aromatic rings. The third-order valence-electron chi connectivity index (χ3n) is 0.827. The van der Waals surface area contributed by atoms with Gasteiger partial charge in [0, 0.05) is 14.0 Å². The van der Waals surface area contributed by atoms with Crippen molar-refractivity contribution in [3.8, 4) is 0 Å². The summed E-state index contributed by atoms with van der Waals surface area (Å²) in [7, 11) is 0. The maximum atomic E-state index is 5.69. The molecule has 0 bridgehead atoms. The molecule has 0 spiro atoms. The highest BCUT2D eigenvalue weighted by Gasteiger charge is 1.91. The molecule has 1 rings (SSSR count). The minimum absolute atomic E-state index is 0.733. The van der Waals surface area contributed by atoms with Gasteiger partial charge in [0.25, 0.3) is 0 Å². The summed E-state index contributed by atoms with van der Waals surface area (Å²) < 4.78 is 1.98. The van der Waals surface area contributed by atoms with Gasteiger partial charge in [-0.05, 0) is 18.2 Å². The molecule has 0 heterocycles. The Balaban J connectivity index is 0.000000461. The zero-order valence-electron chi connectivity index (χ0n) is 6.37. The zero-order chi connectivity index (χ0) is 8.85. The van der Waals surface area contributed by atoms with Gasteiger partial charge in [0.1, 0.15) is 0 Å². The molecular weight excluding hydrogens is 291 g/mol. The minimum Gasteiger partial charge on any atom is -0.0843 e. The van der Waals surface area contributed by atoms with Crippen LogP contribution in [-0.4, -0.2) is 0 Å². The molecule has 0 fully saturated rings. The molecule has 0 aromatic heterocycles. The summed E-state index contributed by atoms with van der Waals surface area (Å²) in [6, 6.07) is 5.62. The molecule has 0 aliphatic rings. The fourth-order valence-corrected chi connectivity index (χ4v) is 2.31. The first-order chi connectivity index (χ1) is 5.18. The van der Waals surface area contributed by atoms with Crippen LogP contribution in [0.3, 0.4) is 0 Å². The number of hydrogen-bond acceptors (Lipinski definition) is 0. The van der Waals surface area contributed by atoms with E-state index in [1.807, 2.05) is 32.0 Å². The Kier molecular flexibility index (Phi) is 6.30. The third kappa shape index (κ3) is 4.83.